The highest BCUT2D eigenvalue weighted by Gasteiger charge is 2.51. The van der Waals surface area contributed by atoms with Crippen molar-refractivity contribution in [3.8, 4) is 0 Å². The van der Waals surface area contributed by atoms with E-state index in [0.717, 1.165) is 43.0 Å². The number of nitrogens with zero attached hydrogens (tertiary/aromatic N) is 1. The Balaban J connectivity index is 1.24. The third-order valence-corrected chi connectivity index (χ3v) is 9.03. The minimum absolute atomic E-state index is 0.0152. The van der Waals surface area contributed by atoms with Crippen LogP contribution in [-0.4, -0.2) is 70.5 Å². The molecule has 1 aromatic heterocycles. The molecule has 0 unspecified atom stereocenters. The summed E-state index contributed by atoms with van der Waals surface area (Å²) in [6.45, 7) is 0.903. The summed E-state index contributed by atoms with van der Waals surface area (Å²) in [6.07, 6.45) is 5.50. The first-order chi connectivity index (χ1) is 18.7. The highest BCUT2D eigenvalue weighted by molar-refractivity contribution is 6.38. The van der Waals surface area contributed by atoms with Gasteiger partial charge in [-0.1, -0.05) is 17.7 Å². The number of ketones is 1. The van der Waals surface area contributed by atoms with Crippen LogP contribution in [0.15, 0.2) is 24.3 Å². The molecule has 4 amide bonds. The highest BCUT2D eigenvalue weighted by Crippen LogP contribution is 2.55. The van der Waals surface area contributed by atoms with Crippen molar-refractivity contribution >= 4 is 51.9 Å². The predicted molar refractivity (Wildman–Crippen MR) is 143 cm³/mol. The summed E-state index contributed by atoms with van der Waals surface area (Å²) in [5, 5.41) is 9.48. The Hall–Kier alpha value is -3.40. The van der Waals surface area contributed by atoms with E-state index in [1.165, 1.54) is 0 Å². The van der Waals surface area contributed by atoms with Gasteiger partial charge in [-0.2, -0.15) is 0 Å². The van der Waals surface area contributed by atoms with Crippen molar-refractivity contribution in [3.63, 3.8) is 0 Å². The topological polar surface area (TPSA) is 140 Å². The molecule has 10 nitrogen and oxygen atoms in total. The first-order valence-electron chi connectivity index (χ1n) is 13.7. The molecule has 2 saturated heterocycles. The molecule has 0 radical (unpaired) electrons. The monoisotopic (exact) mass is 553 g/mol. The van der Waals surface area contributed by atoms with Gasteiger partial charge in [-0.25, -0.2) is 0 Å². The number of hydrogen-bond acceptors (Lipinski definition) is 5. The fourth-order valence-corrected chi connectivity index (χ4v) is 6.16. The van der Waals surface area contributed by atoms with Crippen LogP contribution in [0.3, 0.4) is 0 Å². The smallest absolute Gasteiger partial charge is 0.289 e. The van der Waals surface area contributed by atoms with Gasteiger partial charge in [0.25, 0.3) is 11.8 Å². The number of amides is 4. The van der Waals surface area contributed by atoms with E-state index in [1.54, 1.807) is 23.1 Å². The zero-order valence-corrected chi connectivity index (χ0v) is 22.3. The van der Waals surface area contributed by atoms with Crippen LogP contribution < -0.4 is 16.0 Å². The average Bonchev–Trinajstić information content (AvgIpc) is 3.80. The average molecular weight is 554 g/mol. The van der Waals surface area contributed by atoms with Gasteiger partial charge in [0.2, 0.25) is 17.6 Å². The van der Waals surface area contributed by atoms with Crippen LogP contribution in [-0.2, 0) is 19.2 Å². The second-order valence-corrected chi connectivity index (χ2v) is 11.9. The number of fused-ring (bicyclic) bond motifs is 1. The molecule has 2 aromatic rings. The molecule has 2 saturated carbocycles. The summed E-state index contributed by atoms with van der Waals surface area (Å²) in [5.41, 5.74) is 1.09. The Morgan fingerprint density at radius 1 is 1.13 bits per heavy atom. The molecule has 2 aliphatic heterocycles. The highest BCUT2D eigenvalue weighted by atomic mass is 35.5. The molecule has 1 aromatic carbocycles. The van der Waals surface area contributed by atoms with Gasteiger partial charge in [-0.3, -0.25) is 24.0 Å². The summed E-state index contributed by atoms with van der Waals surface area (Å²) in [7, 11) is 0. The number of piperidine rings is 1. The van der Waals surface area contributed by atoms with Crippen molar-refractivity contribution in [3.05, 3.63) is 35.0 Å². The van der Waals surface area contributed by atoms with Crippen LogP contribution in [0, 0.1) is 11.3 Å². The lowest BCUT2D eigenvalue weighted by Gasteiger charge is -2.39. The molecule has 4 N–H and O–H groups in total. The summed E-state index contributed by atoms with van der Waals surface area (Å²) in [5.74, 6) is -2.94. The number of halogens is 1. The first-order valence-corrected chi connectivity index (χ1v) is 14.1. The Morgan fingerprint density at radius 3 is 2.59 bits per heavy atom. The Bertz CT molecular complexity index is 1360. The van der Waals surface area contributed by atoms with E-state index in [-0.39, 0.29) is 29.7 Å². The lowest BCUT2D eigenvalue weighted by atomic mass is 9.86. The number of rotatable bonds is 8. The largest absolute Gasteiger partial charge is 0.356 e. The maximum Gasteiger partial charge on any atom is 0.289 e. The van der Waals surface area contributed by atoms with Crippen LogP contribution >= 0.6 is 11.6 Å². The summed E-state index contributed by atoms with van der Waals surface area (Å²) in [6, 6.07) is 5.12. The number of Topliss-reactive ketones (excluding diaryl/α,β-unsaturated/α-hetero) is 1. The van der Waals surface area contributed by atoms with Crippen molar-refractivity contribution in [2.75, 3.05) is 13.1 Å². The van der Waals surface area contributed by atoms with Gasteiger partial charge in [-0.15, -0.1) is 0 Å². The molecule has 4 fully saturated rings. The standard InChI is InChI=1S/C28H32ClN5O5/c29-18-2-1-3-19-17(18)13-21(32-19)27(39)34-11-9-28(7-8-28)14-22(34)25(37)33-20(12-15-6-10-30-24(15)36)23(35)26(38)31-16-4-5-16/h1-3,13,15-16,20,22,32H,4-12,14H2,(H,30,36)(H,31,38)(H,33,37)/t15-,20-,22-/m0/s1. The van der Waals surface area contributed by atoms with Crippen molar-refractivity contribution in [2.24, 2.45) is 11.3 Å². The summed E-state index contributed by atoms with van der Waals surface area (Å²) >= 11 is 6.31. The molecule has 3 atom stereocenters. The third-order valence-electron chi connectivity index (χ3n) is 8.70. The van der Waals surface area contributed by atoms with Crippen LogP contribution in [0.1, 0.15) is 61.9 Å². The predicted octanol–water partition coefficient (Wildman–Crippen LogP) is 2.06. The summed E-state index contributed by atoms with van der Waals surface area (Å²) < 4.78 is 0. The number of nitrogens with one attached hydrogen (secondary N) is 4. The van der Waals surface area contributed by atoms with Gasteiger partial charge in [0, 0.05) is 41.0 Å². The molecule has 11 heteroatoms. The summed E-state index contributed by atoms with van der Waals surface area (Å²) in [4.78, 5) is 70.2. The number of H-pyrrole nitrogens is 1. The molecule has 206 valence electrons. The maximum atomic E-state index is 13.8. The lowest BCUT2D eigenvalue weighted by molar-refractivity contribution is -0.141. The SMILES string of the molecule is O=C(NC1CC1)C(=O)[C@H](C[C@@H]1CCNC1=O)NC(=O)[C@@H]1CC2(CCN1C(=O)c1cc3c(Cl)cccc3[nH]1)CC2. The molecule has 4 aliphatic rings. The normalized spacial score (nSPS) is 24.3. The second-order valence-electron chi connectivity index (χ2n) is 11.5. The quantitative estimate of drug-likeness (QED) is 0.370. The fraction of sp³-hybridized carbons (Fsp3) is 0.536. The van der Waals surface area contributed by atoms with Crippen LogP contribution in [0.4, 0.5) is 0 Å². The van der Waals surface area contributed by atoms with Gasteiger partial charge in [0.05, 0.1) is 6.04 Å². The molecule has 39 heavy (non-hydrogen) atoms. The van der Waals surface area contributed by atoms with Gasteiger partial charge in [-0.05, 0) is 75.0 Å². The van der Waals surface area contributed by atoms with Gasteiger partial charge in [0.15, 0.2) is 0 Å². The van der Waals surface area contributed by atoms with E-state index in [4.69, 9.17) is 11.6 Å². The molecule has 6 rings (SSSR count). The van der Waals surface area contributed by atoms with Crippen LogP contribution in [0.25, 0.3) is 10.9 Å². The fourth-order valence-electron chi connectivity index (χ4n) is 5.93. The number of likely N-dealkylation sites (tertiary alicyclic amines) is 1. The minimum atomic E-state index is -1.15. The van der Waals surface area contributed by atoms with E-state index >= 15 is 0 Å². The van der Waals surface area contributed by atoms with E-state index < -0.39 is 35.6 Å². The maximum absolute atomic E-state index is 13.8. The van der Waals surface area contributed by atoms with E-state index in [1.807, 2.05) is 6.07 Å². The zero-order chi connectivity index (χ0) is 27.3. The van der Waals surface area contributed by atoms with Gasteiger partial charge in [0.1, 0.15) is 11.7 Å². The van der Waals surface area contributed by atoms with E-state index in [9.17, 15) is 24.0 Å². The van der Waals surface area contributed by atoms with Gasteiger partial charge < -0.3 is 25.8 Å². The molecular weight excluding hydrogens is 522 g/mol. The molecule has 2 aliphatic carbocycles. The Labute approximate surface area is 230 Å². The number of carbonyl (C=O) groups is 5. The number of carbonyl (C=O) groups excluding carboxylic acids is 5. The van der Waals surface area contributed by atoms with Crippen molar-refractivity contribution in [1.29, 1.82) is 0 Å². The molecule has 3 heterocycles. The van der Waals surface area contributed by atoms with Crippen molar-refractivity contribution in [1.82, 2.24) is 25.8 Å². The molecule has 0 bridgehead atoms. The minimum Gasteiger partial charge on any atom is -0.356 e. The number of benzene rings is 1. The molecule has 1 spiro atoms. The van der Waals surface area contributed by atoms with Crippen LogP contribution in [0.2, 0.25) is 5.02 Å². The number of hydrogen-bond donors (Lipinski definition) is 4. The van der Waals surface area contributed by atoms with Crippen molar-refractivity contribution < 1.29 is 24.0 Å². The zero-order valence-electron chi connectivity index (χ0n) is 21.6. The number of aromatic amines is 1. The molecular formula is C28H32ClN5O5. The van der Waals surface area contributed by atoms with Crippen molar-refractivity contribution in [2.45, 2.75) is 69.5 Å². The second kappa shape index (κ2) is 9.97. The van der Waals surface area contributed by atoms with E-state index in [2.05, 4.69) is 20.9 Å². The number of aromatic nitrogens is 1. The van der Waals surface area contributed by atoms with Crippen LogP contribution in [0.5, 0.6) is 0 Å². The van der Waals surface area contributed by atoms with Gasteiger partial charge >= 0.3 is 0 Å². The first kappa shape index (κ1) is 25.9. The third kappa shape index (κ3) is 5.26. The Morgan fingerprint density at radius 2 is 1.92 bits per heavy atom. The van der Waals surface area contributed by atoms with E-state index in [0.29, 0.717) is 36.6 Å². The lowest BCUT2D eigenvalue weighted by Crippen LogP contribution is -2.58. The Kier molecular flexibility index (Phi) is 6.61.